The van der Waals surface area contributed by atoms with Gasteiger partial charge in [0.2, 0.25) is 11.5 Å². The molecule has 35 heavy (non-hydrogen) atoms. The highest BCUT2D eigenvalue weighted by Gasteiger charge is 2.36. The van der Waals surface area contributed by atoms with Gasteiger partial charge in [-0.2, -0.15) is 0 Å². The first-order chi connectivity index (χ1) is 17.1. The molecule has 1 saturated heterocycles. The summed E-state index contributed by atoms with van der Waals surface area (Å²) in [6.07, 6.45) is 0.507. The van der Waals surface area contributed by atoms with E-state index in [0.717, 1.165) is 5.39 Å². The molecule has 2 aromatic carbocycles. The summed E-state index contributed by atoms with van der Waals surface area (Å²) in [5.74, 6) is -0.111. The second-order valence-corrected chi connectivity index (χ2v) is 8.47. The maximum Gasteiger partial charge on any atom is 0.297 e. The van der Waals surface area contributed by atoms with Crippen molar-refractivity contribution in [2.75, 3.05) is 37.7 Å². The van der Waals surface area contributed by atoms with Crippen LogP contribution in [0, 0.1) is 0 Å². The molecule has 1 atom stereocenters. The Balaban J connectivity index is 1.30. The smallest absolute Gasteiger partial charge is 0.297 e. The van der Waals surface area contributed by atoms with Gasteiger partial charge in [0.05, 0.1) is 31.8 Å². The SMILES string of the molecule is O=C(C1CN(C(=O)Cn2cnc3c(oc4ccccc43)c2=O)c2ccccc2O1)N1CCOCC1. The van der Waals surface area contributed by atoms with Crippen LogP contribution in [0.1, 0.15) is 0 Å². The van der Waals surface area contributed by atoms with Gasteiger partial charge >= 0.3 is 0 Å². The lowest BCUT2D eigenvalue weighted by atomic mass is 10.1. The van der Waals surface area contributed by atoms with E-state index < -0.39 is 11.7 Å². The van der Waals surface area contributed by atoms with Gasteiger partial charge in [-0.25, -0.2) is 4.98 Å². The fourth-order valence-corrected chi connectivity index (χ4v) is 4.55. The van der Waals surface area contributed by atoms with Gasteiger partial charge in [0.1, 0.15) is 23.4 Å². The number of morpholine rings is 1. The molecule has 0 saturated carbocycles. The zero-order chi connectivity index (χ0) is 23.9. The lowest BCUT2D eigenvalue weighted by Gasteiger charge is -2.37. The minimum Gasteiger partial charge on any atom is -0.476 e. The molecule has 10 nitrogen and oxygen atoms in total. The van der Waals surface area contributed by atoms with Gasteiger partial charge in [-0.3, -0.25) is 19.0 Å². The lowest BCUT2D eigenvalue weighted by Crippen LogP contribution is -2.54. The number of rotatable bonds is 3. The number of benzene rings is 2. The molecule has 0 N–H and O–H groups in total. The summed E-state index contributed by atoms with van der Waals surface area (Å²) >= 11 is 0. The lowest BCUT2D eigenvalue weighted by molar-refractivity contribution is -0.142. The van der Waals surface area contributed by atoms with Crippen molar-refractivity contribution in [3.8, 4) is 5.75 Å². The molecule has 6 rings (SSSR count). The maximum absolute atomic E-state index is 13.4. The van der Waals surface area contributed by atoms with Gasteiger partial charge < -0.3 is 23.7 Å². The summed E-state index contributed by atoms with van der Waals surface area (Å²) in [5, 5.41) is 0.740. The van der Waals surface area contributed by atoms with E-state index in [1.54, 1.807) is 35.2 Å². The fraction of sp³-hybridized carbons (Fsp3) is 0.280. The fourth-order valence-electron chi connectivity index (χ4n) is 4.55. The predicted molar refractivity (Wildman–Crippen MR) is 126 cm³/mol. The summed E-state index contributed by atoms with van der Waals surface area (Å²) in [5.41, 5.74) is 1.23. The van der Waals surface area contributed by atoms with Gasteiger partial charge in [-0.15, -0.1) is 0 Å². The topological polar surface area (TPSA) is 107 Å². The number of ether oxygens (including phenoxy) is 2. The molecule has 2 aliphatic rings. The molecule has 2 aromatic heterocycles. The molecule has 178 valence electrons. The number of hydrogen-bond acceptors (Lipinski definition) is 7. The van der Waals surface area contributed by atoms with E-state index in [4.69, 9.17) is 13.9 Å². The minimum absolute atomic E-state index is 0.0428. The quantitative estimate of drug-likeness (QED) is 0.446. The third-order valence-corrected chi connectivity index (χ3v) is 6.33. The Morgan fingerprint density at radius 3 is 2.66 bits per heavy atom. The third kappa shape index (κ3) is 3.71. The molecule has 0 bridgehead atoms. The van der Waals surface area contributed by atoms with Crippen LogP contribution in [0.5, 0.6) is 5.75 Å². The molecule has 1 fully saturated rings. The molecule has 1 unspecified atom stereocenters. The van der Waals surface area contributed by atoms with Gasteiger partial charge in [0.15, 0.2) is 6.10 Å². The number of fused-ring (bicyclic) bond motifs is 4. The Morgan fingerprint density at radius 1 is 1.03 bits per heavy atom. The normalized spacial score (nSPS) is 17.9. The van der Waals surface area contributed by atoms with E-state index in [1.807, 2.05) is 18.2 Å². The van der Waals surface area contributed by atoms with E-state index in [1.165, 1.54) is 15.8 Å². The number of carbonyl (C=O) groups is 2. The minimum atomic E-state index is -0.848. The number of amides is 2. The molecule has 0 radical (unpaired) electrons. The van der Waals surface area contributed by atoms with Gasteiger partial charge in [0, 0.05) is 18.5 Å². The number of carbonyl (C=O) groups excluding carboxylic acids is 2. The monoisotopic (exact) mass is 474 g/mol. The Morgan fingerprint density at radius 2 is 1.80 bits per heavy atom. The highest BCUT2D eigenvalue weighted by molar-refractivity contribution is 6.02. The third-order valence-electron chi connectivity index (χ3n) is 6.33. The Kier molecular flexibility index (Phi) is 5.22. The Labute approximate surface area is 199 Å². The zero-order valence-corrected chi connectivity index (χ0v) is 18.8. The van der Waals surface area contributed by atoms with Crippen LogP contribution in [0.2, 0.25) is 0 Å². The van der Waals surface area contributed by atoms with Gasteiger partial charge in [-0.05, 0) is 24.3 Å². The van der Waals surface area contributed by atoms with Crippen LogP contribution in [-0.2, 0) is 20.9 Å². The average Bonchev–Trinajstić information content (AvgIpc) is 3.29. The second kappa shape index (κ2) is 8.55. The number of hydrogen-bond donors (Lipinski definition) is 0. The molecule has 0 aliphatic carbocycles. The van der Waals surface area contributed by atoms with Crippen molar-refractivity contribution in [1.29, 1.82) is 0 Å². The summed E-state index contributed by atoms with van der Waals surface area (Å²) in [6.45, 7) is 1.68. The first-order valence-corrected chi connectivity index (χ1v) is 11.4. The van der Waals surface area contributed by atoms with Crippen molar-refractivity contribution < 1.29 is 23.5 Å². The zero-order valence-electron chi connectivity index (χ0n) is 18.8. The Hall–Kier alpha value is -4.18. The van der Waals surface area contributed by atoms with Crippen LogP contribution in [0.15, 0.2) is 64.1 Å². The van der Waals surface area contributed by atoms with E-state index in [-0.39, 0.29) is 30.5 Å². The van der Waals surface area contributed by atoms with Crippen LogP contribution in [0.3, 0.4) is 0 Å². The van der Waals surface area contributed by atoms with Crippen molar-refractivity contribution in [3.63, 3.8) is 0 Å². The number of nitrogens with zero attached hydrogens (tertiary/aromatic N) is 4. The summed E-state index contributed by atoms with van der Waals surface area (Å²) in [4.78, 5) is 47.2. The predicted octanol–water partition coefficient (Wildman–Crippen LogP) is 1.80. The van der Waals surface area contributed by atoms with Crippen LogP contribution in [-0.4, -0.2) is 65.2 Å². The van der Waals surface area contributed by atoms with E-state index in [9.17, 15) is 14.4 Å². The first kappa shape index (κ1) is 21.4. The van der Waals surface area contributed by atoms with Crippen molar-refractivity contribution in [1.82, 2.24) is 14.5 Å². The molecule has 4 aromatic rings. The summed E-state index contributed by atoms with van der Waals surface area (Å²) < 4.78 is 18.3. The molecule has 2 aliphatic heterocycles. The summed E-state index contributed by atoms with van der Waals surface area (Å²) in [6, 6.07) is 14.3. The number of anilines is 1. The van der Waals surface area contributed by atoms with Crippen LogP contribution in [0.4, 0.5) is 5.69 Å². The Bertz CT molecular complexity index is 1500. The maximum atomic E-state index is 13.4. The standard InChI is InChI=1S/C25H22N4O6/c30-21(14-28-15-26-22-16-5-1-3-7-18(16)35-23(22)25(28)32)29-13-20(24(31)27-9-11-33-12-10-27)34-19-8-4-2-6-17(19)29/h1-8,15,20H,9-14H2. The van der Waals surface area contributed by atoms with E-state index in [2.05, 4.69) is 4.98 Å². The van der Waals surface area contributed by atoms with Gasteiger partial charge in [0.25, 0.3) is 11.5 Å². The number of para-hydroxylation sites is 3. The van der Waals surface area contributed by atoms with Crippen LogP contribution in [0.25, 0.3) is 22.1 Å². The molecule has 0 spiro atoms. The first-order valence-electron chi connectivity index (χ1n) is 11.4. The van der Waals surface area contributed by atoms with Crippen molar-refractivity contribution >= 4 is 39.6 Å². The number of aromatic nitrogens is 2. The largest absolute Gasteiger partial charge is 0.476 e. The van der Waals surface area contributed by atoms with Crippen molar-refractivity contribution in [2.45, 2.75) is 12.6 Å². The van der Waals surface area contributed by atoms with E-state index in [0.29, 0.717) is 48.8 Å². The highest BCUT2D eigenvalue weighted by atomic mass is 16.5. The van der Waals surface area contributed by atoms with Crippen LogP contribution < -0.4 is 15.2 Å². The summed E-state index contributed by atoms with van der Waals surface area (Å²) in [7, 11) is 0. The van der Waals surface area contributed by atoms with Crippen molar-refractivity contribution in [2.24, 2.45) is 0 Å². The molecule has 4 heterocycles. The molecular weight excluding hydrogens is 452 g/mol. The van der Waals surface area contributed by atoms with Crippen LogP contribution >= 0.6 is 0 Å². The molecular formula is C25H22N4O6. The van der Waals surface area contributed by atoms with Gasteiger partial charge in [-0.1, -0.05) is 24.3 Å². The van der Waals surface area contributed by atoms with Crippen molar-refractivity contribution in [3.05, 3.63) is 65.2 Å². The molecule has 2 amide bonds. The number of furan rings is 1. The highest BCUT2D eigenvalue weighted by Crippen LogP contribution is 2.34. The average molecular weight is 474 g/mol. The molecule has 10 heteroatoms. The second-order valence-electron chi connectivity index (χ2n) is 8.47. The van der Waals surface area contributed by atoms with E-state index >= 15 is 0 Å².